The van der Waals surface area contributed by atoms with E-state index in [1.54, 1.807) is 36.1 Å². The van der Waals surface area contributed by atoms with Crippen molar-refractivity contribution < 1.29 is 4.79 Å². The lowest BCUT2D eigenvalue weighted by Crippen LogP contribution is -2.18. The number of carbonyl (C=O) groups excluding carboxylic acids is 1. The zero-order chi connectivity index (χ0) is 13.1. The van der Waals surface area contributed by atoms with Crippen molar-refractivity contribution in [1.29, 1.82) is 5.26 Å². The second kappa shape index (κ2) is 5.02. The Bertz CT molecular complexity index is 642. The SMILES string of the molecule is CNC(=O)c1ccn(-c2cc(Br)cc(C#N)c2)n1. The van der Waals surface area contributed by atoms with E-state index < -0.39 is 0 Å². The minimum Gasteiger partial charge on any atom is -0.354 e. The number of nitrogens with one attached hydrogen (secondary N) is 1. The van der Waals surface area contributed by atoms with Crippen LogP contribution >= 0.6 is 15.9 Å². The van der Waals surface area contributed by atoms with Crippen molar-refractivity contribution >= 4 is 21.8 Å². The van der Waals surface area contributed by atoms with Gasteiger partial charge in [0.25, 0.3) is 5.91 Å². The molecule has 0 aliphatic carbocycles. The van der Waals surface area contributed by atoms with Crippen molar-refractivity contribution in [3.63, 3.8) is 0 Å². The van der Waals surface area contributed by atoms with Crippen molar-refractivity contribution in [3.05, 3.63) is 46.2 Å². The van der Waals surface area contributed by atoms with Crippen LogP contribution in [-0.2, 0) is 0 Å². The van der Waals surface area contributed by atoms with E-state index >= 15 is 0 Å². The van der Waals surface area contributed by atoms with E-state index in [0.29, 0.717) is 11.3 Å². The molecule has 0 aliphatic heterocycles. The summed E-state index contributed by atoms with van der Waals surface area (Å²) in [5.41, 5.74) is 1.57. The molecule has 1 amide bonds. The molecule has 1 heterocycles. The number of benzene rings is 1. The van der Waals surface area contributed by atoms with Gasteiger partial charge in [0, 0.05) is 17.7 Å². The first-order valence-electron chi connectivity index (χ1n) is 5.13. The monoisotopic (exact) mass is 304 g/mol. The molecule has 1 aromatic heterocycles. The largest absolute Gasteiger partial charge is 0.354 e. The van der Waals surface area contributed by atoms with Gasteiger partial charge in [0.15, 0.2) is 5.69 Å². The summed E-state index contributed by atoms with van der Waals surface area (Å²) in [6, 6.07) is 8.92. The zero-order valence-corrected chi connectivity index (χ0v) is 11.1. The predicted octanol–water partition coefficient (Wildman–Crippen LogP) is 1.87. The number of aromatic nitrogens is 2. The molecule has 0 radical (unpaired) electrons. The molecule has 18 heavy (non-hydrogen) atoms. The quantitative estimate of drug-likeness (QED) is 0.920. The lowest BCUT2D eigenvalue weighted by molar-refractivity contribution is 0.0958. The fraction of sp³-hybridized carbons (Fsp3) is 0.0833. The number of nitrogens with zero attached hydrogens (tertiary/aromatic N) is 3. The third-order valence-electron chi connectivity index (χ3n) is 2.32. The second-order valence-corrected chi connectivity index (χ2v) is 4.45. The minimum atomic E-state index is -0.246. The van der Waals surface area contributed by atoms with Crippen molar-refractivity contribution in [3.8, 4) is 11.8 Å². The molecule has 0 unspecified atom stereocenters. The standard InChI is InChI=1S/C12H9BrN4O/c1-15-12(18)11-2-3-17(16-11)10-5-8(7-14)4-9(13)6-10/h2-6H,1H3,(H,15,18). The summed E-state index contributed by atoms with van der Waals surface area (Å²) in [4.78, 5) is 11.4. The Labute approximate surface area is 112 Å². The molecular formula is C12H9BrN4O. The van der Waals surface area contributed by atoms with Gasteiger partial charge in [-0.3, -0.25) is 4.79 Å². The Hall–Kier alpha value is -2.13. The molecule has 0 saturated carbocycles. The van der Waals surface area contributed by atoms with Crippen molar-refractivity contribution in [2.24, 2.45) is 0 Å². The highest BCUT2D eigenvalue weighted by atomic mass is 79.9. The average molecular weight is 305 g/mol. The molecule has 0 saturated heterocycles. The van der Waals surface area contributed by atoms with Crippen LogP contribution in [0.5, 0.6) is 0 Å². The molecule has 2 rings (SSSR count). The lowest BCUT2D eigenvalue weighted by atomic mass is 10.2. The van der Waals surface area contributed by atoms with E-state index in [0.717, 1.165) is 10.2 Å². The maximum atomic E-state index is 11.4. The van der Waals surface area contributed by atoms with Gasteiger partial charge < -0.3 is 5.32 Å². The molecule has 6 heteroatoms. The van der Waals surface area contributed by atoms with Crippen molar-refractivity contribution in [2.45, 2.75) is 0 Å². The van der Waals surface area contributed by atoms with Crippen LogP contribution in [0.2, 0.25) is 0 Å². The number of hydrogen-bond acceptors (Lipinski definition) is 3. The summed E-state index contributed by atoms with van der Waals surface area (Å²) in [5.74, 6) is -0.246. The van der Waals surface area contributed by atoms with Crippen LogP contribution in [-0.4, -0.2) is 22.7 Å². The van der Waals surface area contributed by atoms with Crippen LogP contribution in [0.15, 0.2) is 34.9 Å². The van der Waals surface area contributed by atoms with Gasteiger partial charge in [-0.1, -0.05) is 15.9 Å². The molecule has 0 aliphatic rings. The third-order valence-corrected chi connectivity index (χ3v) is 2.78. The Kier molecular flexibility index (Phi) is 3.44. The summed E-state index contributed by atoms with van der Waals surface area (Å²) in [5, 5.41) is 15.5. The number of nitriles is 1. The number of hydrogen-bond donors (Lipinski definition) is 1. The molecule has 0 fully saturated rings. The first kappa shape index (κ1) is 12.3. The van der Waals surface area contributed by atoms with Crippen LogP contribution in [0.3, 0.4) is 0 Å². The molecule has 0 spiro atoms. The van der Waals surface area contributed by atoms with E-state index in [-0.39, 0.29) is 5.91 Å². The van der Waals surface area contributed by atoms with Crippen LogP contribution in [0.1, 0.15) is 16.1 Å². The molecule has 2 aromatic rings. The Morgan fingerprint density at radius 2 is 2.28 bits per heavy atom. The molecule has 1 aromatic carbocycles. The first-order valence-corrected chi connectivity index (χ1v) is 5.92. The van der Waals surface area contributed by atoms with Gasteiger partial charge in [0.1, 0.15) is 0 Å². The van der Waals surface area contributed by atoms with Crippen LogP contribution < -0.4 is 5.32 Å². The number of carbonyl (C=O) groups is 1. The van der Waals surface area contributed by atoms with Gasteiger partial charge in [-0.05, 0) is 24.3 Å². The van der Waals surface area contributed by atoms with Crippen molar-refractivity contribution in [1.82, 2.24) is 15.1 Å². The van der Waals surface area contributed by atoms with Crippen LogP contribution in [0, 0.1) is 11.3 Å². The molecular weight excluding hydrogens is 296 g/mol. The summed E-state index contributed by atoms with van der Waals surface area (Å²) in [6.07, 6.45) is 1.67. The topological polar surface area (TPSA) is 70.7 Å². The highest BCUT2D eigenvalue weighted by Crippen LogP contribution is 2.18. The first-order chi connectivity index (χ1) is 8.63. The molecule has 1 N–H and O–H groups in total. The van der Waals surface area contributed by atoms with Gasteiger partial charge in [-0.2, -0.15) is 10.4 Å². The normalized spacial score (nSPS) is 9.83. The smallest absolute Gasteiger partial charge is 0.271 e. The zero-order valence-electron chi connectivity index (χ0n) is 9.51. The second-order valence-electron chi connectivity index (χ2n) is 3.53. The maximum absolute atomic E-state index is 11.4. The Morgan fingerprint density at radius 3 is 2.94 bits per heavy atom. The van der Waals surface area contributed by atoms with E-state index in [9.17, 15) is 4.79 Å². The number of halogens is 1. The van der Waals surface area contributed by atoms with E-state index in [2.05, 4.69) is 32.4 Å². The van der Waals surface area contributed by atoms with E-state index in [1.165, 1.54) is 0 Å². The molecule has 0 atom stereocenters. The number of rotatable bonds is 2. The van der Waals surface area contributed by atoms with Gasteiger partial charge in [-0.25, -0.2) is 4.68 Å². The fourth-order valence-electron chi connectivity index (χ4n) is 1.49. The lowest BCUT2D eigenvalue weighted by Gasteiger charge is -2.03. The number of amides is 1. The van der Waals surface area contributed by atoms with Crippen LogP contribution in [0.25, 0.3) is 5.69 Å². The summed E-state index contributed by atoms with van der Waals surface area (Å²) >= 11 is 3.33. The Balaban J connectivity index is 2.43. The third kappa shape index (κ3) is 2.41. The summed E-state index contributed by atoms with van der Waals surface area (Å²) < 4.78 is 2.34. The van der Waals surface area contributed by atoms with Crippen LogP contribution in [0.4, 0.5) is 0 Å². The Morgan fingerprint density at radius 1 is 1.50 bits per heavy atom. The highest BCUT2D eigenvalue weighted by Gasteiger charge is 2.08. The van der Waals surface area contributed by atoms with Gasteiger partial charge in [-0.15, -0.1) is 0 Å². The van der Waals surface area contributed by atoms with E-state index in [4.69, 9.17) is 5.26 Å². The van der Waals surface area contributed by atoms with E-state index in [1.807, 2.05) is 6.07 Å². The maximum Gasteiger partial charge on any atom is 0.271 e. The molecule has 5 nitrogen and oxygen atoms in total. The van der Waals surface area contributed by atoms with Crippen molar-refractivity contribution in [2.75, 3.05) is 7.05 Å². The fourth-order valence-corrected chi connectivity index (χ4v) is 1.97. The van der Waals surface area contributed by atoms with Gasteiger partial charge in [0.2, 0.25) is 0 Å². The average Bonchev–Trinajstić information content (AvgIpc) is 2.86. The minimum absolute atomic E-state index is 0.246. The highest BCUT2D eigenvalue weighted by molar-refractivity contribution is 9.10. The molecule has 0 bridgehead atoms. The summed E-state index contributed by atoms with van der Waals surface area (Å²) in [7, 11) is 1.55. The van der Waals surface area contributed by atoms with Gasteiger partial charge >= 0.3 is 0 Å². The molecule has 90 valence electrons. The summed E-state index contributed by atoms with van der Waals surface area (Å²) in [6.45, 7) is 0. The predicted molar refractivity (Wildman–Crippen MR) is 69.4 cm³/mol. The van der Waals surface area contributed by atoms with Gasteiger partial charge in [0.05, 0.1) is 17.3 Å².